The molecule has 0 aromatic heterocycles. The van der Waals surface area contributed by atoms with Crippen LogP contribution < -0.4 is 5.32 Å². The van der Waals surface area contributed by atoms with Crippen LogP contribution in [0.2, 0.25) is 0 Å². The van der Waals surface area contributed by atoms with Gasteiger partial charge in [0, 0.05) is 19.2 Å². The van der Waals surface area contributed by atoms with Crippen molar-refractivity contribution in [1.82, 2.24) is 10.2 Å². The maximum absolute atomic E-state index is 12.1. The lowest BCUT2D eigenvalue weighted by Gasteiger charge is -2.29. The van der Waals surface area contributed by atoms with E-state index in [1.165, 1.54) is 11.9 Å². The van der Waals surface area contributed by atoms with E-state index in [0.29, 0.717) is 12.8 Å². The first kappa shape index (κ1) is 19.2. The van der Waals surface area contributed by atoms with Gasteiger partial charge in [0.1, 0.15) is 6.04 Å². The number of nitrogens with one attached hydrogen (secondary N) is 1. The monoisotopic (exact) mass is 320 g/mol. The highest BCUT2D eigenvalue weighted by atomic mass is 16.3. The van der Waals surface area contributed by atoms with Crippen molar-refractivity contribution in [2.75, 3.05) is 7.05 Å². The molecule has 0 aromatic rings. The summed E-state index contributed by atoms with van der Waals surface area (Å²) in [5, 5.41) is 12.9. The summed E-state index contributed by atoms with van der Waals surface area (Å²) in [6, 6.07) is -0.334. The Balaban J connectivity index is 2.57. The molecule has 2 unspecified atom stereocenters. The summed E-state index contributed by atoms with van der Waals surface area (Å²) < 4.78 is 0. The van der Waals surface area contributed by atoms with Gasteiger partial charge in [0.2, 0.25) is 5.91 Å². The molecule has 1 rings (SSSR count). The highest BCUT2D eigenvalue weighted by Gasteiger charge is 2.31. The maximum atomic E-state index is 12.1. The van der Waals surface area contributed by atoms with Crippen LogP contribution in [0.5, 0.6) is 0 Å². The molecule has 1 aliphatic heterocycles. The van der Waals surface area contributed by atoms with Gasteiger partial charge >= 0.3 is 0 Å². The molecule has 0 spiro atoms. The summed E-state index contributed by atoms with van der Waals surface area (Å²) >= 11 is 0. The zero-order chi connectivity index (χ0) is 17.4. The molecule has 1 heterocycles. The van der Waals surface area contributed by atoms with E-state index < -0.39 is 6.10 Å². The molecule has 1 fully saturated rings. The van der Waals surface area contributed by atoms with Crippen LogP contribution in [0.4, 0.5) is 0 Å². The predicted octanol–water partition coefficient (Wildman–Crippen LogP) is 2.15. The lowest BCUT2D eigenvalue weighted by Crippen LogP contribution is -2.51. The van der Waals surface area contributed by atoms with Crippen LogP contribution in [0.15, 0.2) is 36.6 Å². The largest absolute Gasteiger partial charge is 0.389 e. The number of carbonyl (C=O) groups excluding carboxylic acids is 2. The molecule has 0 bridgehead atoms. The lowest BCUT2D eigenvalue weighted by molar-refractivity contribution is -0.147. The number of nitrogens with zero attached hydrogens (tertiary/aromatic N) is 1. The van der Waals surface area contributed by atoms with Crippen molar-refractivity contribution in [3.8, 4) is 0 Å². The first-order chi connectivity index (χ1) is 10.9. The van der Waals surface area contributed by atoms with Crippen molar-refractivity contribution in [3.05, 3.63) is 36.6 Å². The molecule has 128 valence electrons. The van der Waals surface area contributed by atoms with E-state index in [4.69, 9.17) is 0 Å². The quantitative estimate of drug-likeness (QED) is 0.408. The molecule has 1 aliphatic rings. The summed E-state index contributed by atoms with van der Waals surface area (Å²) in [4.78, 5) is 24.8. The first-order valence-electron chi connectivity index (χ1n) is 8.13. The number of amides is 2. The van der Waals surface area contributed by atoms with Crippen LogP contribution in [0.25, 0.3) is 0 Å². The SMILES string of the molecule is C=CC(O)[C@@H](C)C/C=C\C=C(/CC)NC1CCC(=O)N(C)C1=O. The van der Waals surface area contributed by atoms with Crippen LogP contribution in [0.1, 0.15) is 39.5 Å². The van der Waals surface area contributed by atoms with Gasteiger partial charge < -0.3 is 10.4 Å². The Morgan fingerprint density at radius 1 is 1.52 bits per heavy atom. The molecule has 0 aliphatic carbocycles. The van der Waals surface area contributed by atoms with Crippen molar-refractivity contribution in [3.63, 3.8) is 0 Å². The topological polar surface area (TPSA) is 69.6 Å². The second kappa shape index (κ2) is 9.30. The fourth-order valence-electron chi connectivity index (χ4n) is 2.39. The lowest BCUT2D eigenvalue weighted by atomic mass is 10.0. The van der Waals surface area contributed by atoms with Crippen LogP contribution >= 0.6 is 0 Å². The smallest absolute Gasteiger partial charge is 0.251 e. The molecule has 2 N–H and O–H groups in total. The van der Waals surface area contributed by atoms with Crippen LogP contribution in [0.3, 0.4) is 0 Å². The van der Waals surface area contributed by atoms with Crippen LogP contribution in [-0.4, -0.2) is 41.0 Å². The molecule has 5 nitrogen and oxygen atoms in total. The molecule has 1 saturated heterocycles. The second-order valence-electron chi connectivity index (χ2n) is 5.94. The minimum absolute atomic E-state index is 0.120. The molecule has 0 saturated carbocycles. The van der Waals surface area contributed by atoms with E-state index in [2.05, 4.69) is 11.9 Å². The van der Waals surface area contributed by atoms with Gasteiger partial charge in [-0.15, -0.1) is 6.58 Å². The highest BCUT2D eigenvalue weighted by molar-refractivity contribution is 6.00. The van der Waals surface area contributed by atoms with Crippen LogP contribution in [-0.2, 0) is 9.59 Å². The van der Waals surface area contributed by atoms with Gasteiger partial charge in [0.15, 0.2) is 0 Å². The maximum Gasteiger partial charge on any atom is 0.251 e. The third-order valence-corrected chi connectivity index (χ3v) is 4.16. The summed E-state index contributed by atoms with van der Waals surface area (Å²) in [6.07, 6.45) is 9.36. The minimum atomic E-state index is -0.500. The molecule has 0 aromatic carbocycles. The normalized spacial score (nSPS) is 22.3. The molecular weight excluding hydrogens is 292 g/mol. The molecule has 0 radical (unpaired) electrons. The Morgan fingerprint density at radius 2 is 2.22 bits per heavy atom. The number of hydrogen-bond donors (Lipinski definition) is 2. The van der Waals surface area contributed by atoms with E-state index in [0.717, 1.165) is 18.5 Å². The number of aliphatic hydroxyl groups is 1. The molecule has 5 heteroatoms. The van der Waals surface area contributed by atoms with Gasteiger partial charge in [-0.1, -0.05) is 32.1 Å². The van der Waals surface area contributed by atoms with Crippen molar-refractivity contribution in [1.29, 1.82) is 0 Å². The van der Waals surface area contributed by atoms with Gasteiger partial charge in [-0.25, -0.2) is 0 Å². The summed E-state index contributed by atoms with van der Waals surface area (Å²) in [5.74, 6) is -0.174. The number of rotatable bonds is 8. The van der Waals surface area contributed by atoms with E-state index in [9.17, 15) is 14.7 Å². The fraction of sp³-hybridized carbons (Fsp3) is 0.556. The van der Waals surface area contributed by atoms with Gasteiger partial charge in [0.05, 0.1) is 6.10 Å². The number of carbonyl (C=O) groups is 2. The van der Waals surface area contributed by atoms with E-state index >= 15 is 0 Å². The Morgan fingerprint density at radius 3 is 2.83 bits per heavy atom. The Labute approximate surface area is 138 Å². The number of likely N-dealkylation sites (tertiary alicyclic amines) is 1. The minimum Gasteiger partial charge on any atom is -0.389 e. The standard InChI is InChI=1S/C18H28N2O3/c1-5-14(10-8-7-9-13(3)16(21)6-2)19-15-11-12-17(22)20(4)18(15)23/h6-8,10,13,15-16,19,21H,2,5,9,11-12H2,1,3-4H3/b8-7-,14-10+/t13-,15?,16?/m0/s1. The molecule has 2 amide bonds. The second-order valence-corrected chi connectivity index (χ2v) is 5.94. The fourth-order valence-corrected chi connectivity index (χ4v) is 2.39. The van der Waals surface area contributed by atoms with E-state index in [-0.39, 0.29) is 23.8 Å². The van der Waals surface area contributed by atoms with Gasteiger partial charge in [-0.3, -0.25) is 14.5 Å². The van der Waals surface area contributed by atoms with Crippen molar-refractivity contribution in [2.24, 2.45) is 5.92 Å². The van der Waals surface area contributed by atoms with Gasteiger partial charge in [-0.2, -0.15) is 0 Å². The number of likely N-dealkylation sites (N-methyl/N-ethyl adjacent to an activating group) is 1. The zero-order valence-electron chi connectivity index (χ0n) is 14.3. The number of imide groups is 1. The summed E-state index contributed by atoms with van der Waals surface area (Å²) in [7, 11) is 1.53. The molecule has 3 atom stereocenters. The number of aliphatic hydroxyl groups excluding tert-OH is 1. The Hall–Kier alpha value is -1.88. The Bertz CT molecular complexity index is 496. The van der Waals surface area contributed by atoms with Crippen molar-refractivity contribution < 1.29 is 14.7 Å². The number of allylic oxidation sites excluding steroid dienone is 4. The van der Waals surface area contributed by atoms with Crippen molar-refractivity contribution in [2.45, 2.75) is 51.7 Å². The average molecular weight is 320 g/mol. The molecule has 23 heavy (non-hydrogen) atoms. The summed E-state index contributed by atoms with van der Waals surface area (Å²) in [5.41, 5.74) is 0.958. The number of piperidine rings is 1. The Kier molecular flexibility index (Phi) is 7.75. The highest BCUT2D eigenvalue weighted by Crippen LogP contribution is 2.14. The van der Waals surface area contributed by atoms with Gasteiger partial charge in [-0.05, 0) is 31.3 Å². The van der Waals surface area contributed by atoms with Crippen molar-refractivity contribution >= 4 is 11.8 Å². The molecular formula is C18H28N2O3. The zero-order valence-corrected chi connectivity index (χ0v) is 14.3. The van der Waals surface area contributed by atoms with E-state index in [1.807, 2.05) is 32.1 Å². The average Bonchev–Trinajstić information content (AvgIpc) is 2.56. The predicted molar refractivity (Wildman–Crippen MR) is 91.4 cm³/mol. The third-order valence-electron chi connectivity index (χ3n) is 4.16. The summed E-state index contributed by atoms with van der Waals surface area (Å²) in [6.45, 7) is 7.56. The van der Waals surface area contributed by atoms with E-state index in [1.54, 1.807) is 6.08 Å². The number of hydrogen-bond acceptors (Lipinski definition) is 4. The first-order valence-corrected chi connectivity index (χ1v) is 8.13. The van der Waals surface area contributed by atoms with Crippen LogP contribution in [0, 0.1) is 5.92 Å². The third kappa shape index (κ3) is 5.67. The van der Waals surface area contributed by atoms with Gasteiger partial charge in [0.25, 0.3) is 5.91 Å².